The number of nitrogens with zero attached hydrogens (tertiary/aromatic N) is 2. The van der Waals surface area contributed by atoms with Crippen molar-refractivity contribution in [2.45, 2.75) is 19.4 Å². The van der Waals surface area contributed by atoms with Crippen LogP contribution in [0.1, 0.15) is 19.4 Å². The Morgan fingerprint density at radius 1 is 1.44 bits per heavy atom. The van der Waals surface area contributed by atoms with Crippen LogP contribution in [0.5, 0.6) is 0 Å². The Morgan fingerprint density at radius 2 is 2.17 bits per heavy atom. The number of carbonyl (C=O) groups is 1. The first-order valence-corrected chi connectivity index (χ1v) is 5.68. The number of piperazine rings is 1. The number of aromatic nitrogens is 1. The summed E-state index contributed by atoms with van der Waals surface area (Å²) < 4.78 is 0. The molecule has 2 heterocycles. The molecule has 0 aromatic carbocycles. The molecule has 1 aromatic heterocycles. The highest BCUT2D eigenvalue weighted by atomic mass is 35.5. The number of hydrogen-bond donors (Lipinski definition) is 2. The van der Waals surface area contributed by atoms with Crippen molar-refractivity contribution in [3.05, 3.63) is 23.9 Å². The first-order chi connectivity index (χ1) is 7.98. The summed E-state index contributed by atoms with van der Waals surface area (Å²) in [6.07, 6.45) is 1.62. The fourth-order valence-corrected chi connectivity index (χ4v) is 1.76. The molecule has 0 aliphatic carbocycles. The van der Waals surface area contributed by atoms with Crippen LogP contribution < -0.4 is 10.2 Å². The third-order valence-electron chi connectivity index (χ3n) is 2.82. The van der Waals surface area contributed by atoms with Gasteiger partial charge in [0.15, 0.2) is 0 Å². The highest BCUT2D eigenvalue weighted by Crippen LogP contribution is 2.21. The van der Waals surface area contributed by atoms with Gasteiger partial charge in [0.25, 0.3) is 0 Å². The Hall–Kier alpha value is -1.17. The molecule has 1 aliphatic rings. The summed E-state index contributed by atoms with van der Waals surface area (Å²) >= 11 is 0. The predicted octanol–water partition coefficient (Wildman–Crippen LogP) is 0.667. The van der Waals surface area contributed by atoms with E-state index < -0.39 is 5.60 Å². The van der Waals surface area contributed by atoms with E-state index in [0.717, 1.165) is 12.1 Å². The van der Waals surface area contributed by atoms with Gasteiger partial charge >= 0.3 is 0 Å². The fourth-order valence-electron chi connectivity index (χ4n) is 1.76. The molecule has 100 valence electrons. The molecule has 2 rings (SSSR count). The minimum absolute atomic E-state index is 0. The first-order valence-electron chi connectivity index (χ1n) is 5.68. The summed E-state index contributed by atoms with van der Waals surface area (Å²) in [5, 5.41) is 12.8. The second-order valence-corrected chi connectivity index (χ2v) is 4.69. The molecule has 1 aromatic rings. The smallest absolute Gasteiger partial charge is 0.242 e. The molecule has 0 atom stereocenters. The van der Waals surface area contributed by atoms with Crippen molar-refractivity contribution in [2.24, 2.45) is 0 Å². The zero-order chi connectivity index (χ0) is 12.5. The van der Waals surface area contributed by atoms with E-state index in [4.69, 9.17) is 0 Å². The molecule has 1 amide bonds. The number of anilines is 1. The number of hydrogen-bond acceptors (Lipinski definition) is 4. The molecular formula is C12H18ClN3O2. The van der Waals surface area contributed by atoms with Crippen molar-refractivity contribution < 1.29 is 9.90 Å². The van der Waals surface area contributed by atoms with Gasteiger partial charge in [-0.15, -0.1) is 12.4 Å². The third kappa shape index (κ3) is 3.19. The monoisotopic (exact) mass is 271 g/mol. The van der Waals surface area contributed by atoms with E-state index in [2.05, 4.69) is 10.3 Å². The number of carbonyl (C=O) groups excluding carboxylic acids is 1. The van der Waals surface area contributed by atoms with E-state index in [1.807, 2.05) is 0 Å². The van der Waals surface area contributed by atoms with Gasteiger partial charge in [-0.2, -0.15) is 0 Å². The summed E-state index contributed by atoms with van der Waals surface area (Å²) in [7, 11) is 0. The van der Waals surface area contributed by atoms with Gasteiger partial charge in [-0.25, -0.2) is 4.98 Å². The second-order valence-electron chi connectivity index (χ2n) is 4.69. The topological polar surface area (TPSA) is 65.5 Å². The van der Waals surface area contributed by atoms with Crippen LogP contribution in [0.25, 0.3) is 0 Å². The zero-order valence-electron chi connectivity index (χ0n) is 10.5. The number of rotatable bonds is 2. The van der Waals surface area contributed by atoms with Crippen molar-refractivity contribution in [3.63, 3.8) is 0 Å². The summed E-state index contributed by atoms with van der Waals surface area (Å²) in [6.45, 7) is 5.18. The summed E-state index contributed by atoms with van der Waals surface area (Å²) in [6, 6.07) is 3.58. The van der Waals surface area contributed by atoms with Crippen LogP contribution in [-0.4, -0.2) is 35.6 Å². The van der Waals surface area contributed by atoms with Gasteiger partial charge in [0.1, 0.15) is 5.82 Å². The lowest BCUT2D eigenvalue weighted by molar-refractivity contribution is -0.118. The molecule has 18 heavy (non-hydrogen) atoms. The molecule has 5 nitrogen and oxygen atoms in total. The highest BCUT2D eigenvalue weighted by Gasteiger charge is 2.21. The van der Waals surface area contributed by atoms with Gasteiger partial charge in [-0.1, -0.05) is 6.07 Å². The molecule has 0 unspecified atom stereocenters. The molecule has 0 radical (unpaired) electrons. The SMILES string of the molecule is CC(C)(O)c1ccc(N2CCNCC2=O)nc1.Cl. The van der Waals surface area contributed by atoms with Crippen LogP contribution in [0.3, 0.4) is 0 Å². The minimum atomic E-state index is -0.904. The number of nitrogens with one attached hydrogen (secondary N) is 1. The third-order valence-corrected chi connectivity index (χ3v) is 2.82. The van der Waals surface area contributed by atoms with E-state index in [1.165, 1.54) is 0 Å². The van der Waals surface area contributed by atoms with Gasteiger partial charge in [0.2, 0.25) is 5.91 Å². The Balaban J connectivity index is 0.00000162. The first kappa shape index (κ1) is 14.9. The maximum Gasteiger partial charge on any atom is 0.242 e. The molecule has 0 saturated carbocycles. The zero-order valence-corrected chi connectivity index (χ0v) is 11.3. The van der Waals surface area contributed by atoms with Crippen molar-refractivity contribution in [2.75, 3.05) is 24.5 Å². The summed E-state index contributed by atoms with van der Waals surface area (Å²) in [5.74, 6) is 0.671. The van der Waals surface area contributed by atoms with E-state index in [1.54, 1.807) is 37.1 Å². The van der Waals surface area contributed by atoms with Crippen LogP contribution in [0.4, 0.5) is 5.82 Å². The van der Waals surface area contributed by atoms with Crippen LogP contribution in [-0.2, 0) is 10.4 Å². The van der Waals surface area contributed by atoms with Crippen LogP contribution in [0, 0.1) is 0 Å². The Morgan fingerprint density at radius 3 is 2.67 bits per heavy atom. The van der Waals surface area contributed by atoms with E-state index in [-0.39, 0.29) is 18.3 Å². The molecule has 2 N–H and O–H groups in total. The Kier molecular flexibility index (Phi) is 4.67. The second kappa shape index (κ2) is 5.65. The molecule has 6 heteroatoms. The molecular weight excluding hydrogens is 254 g/mol. The van der Waals surface area contributed by atoms with Crippen molar-refractivity contribution in [1.82, 2.24) is 10.3 Å². The maximum atomic E-state index is 11.7. The highest BCUT2D eigenvalue weighted by molar-refractivity contribution is 5.94. The Labute approximate surface area is 113 Å². The lowest BCUT2D eigenvalue weighted by Gasteiger charge is -2.27. The van der Waals surface area contributed by atoms with Gasteiger partial charge in [-0.05, 0) is 19.9 Å². The average Bonchev–Trinajstić information content (AvgIpc) is 2.29. The van der Waals surface area contributed by atoms with Crippen molar-refractivity contribution in [3.8, 4) is 0 Å². The normalized spacial score (nSPS) is 16.4. The standard InChI is InChI=1S/C12H17N3O2.ClH/c1-12(2,17)9-3-4-10(14-7-9)15-6-5-13-8-11(15)16;/h3-4,7,13,17H,5-6,8H2,1-2H3;1H. The Bertz CT molecular complexity index is 414. The van der Waals surface area contributed by atoms with Gasteiger partial charge in [0, 0.05) is 24.8 Å². The molecule has 0 spiro atoms. The van der Waals surface area contributed by atoms with Gasteiger partial charge < -0.3 is 10.4 Å². The largest absolute Gasteiger partial charge is 0.386 e. The van der Waals surface area contributed by atoms with Crippen LogP contribution in [0.2, 0.25) is 0 Å². The molecule has 0 bridgehead atoms. The number of amides is 1. The average molecular weight is 272 g/mol. The minimum Gasteiger partial charge on any atom is -0.386 e. The van der Waals surface area contributed by atoms with Crippen molar-refractivity contribution in [1.29, 1.82) is 0 Å². The van der Waals surface area contributed by atoms with Gasteiger partial charge in [0.05, 0.1) is 12.1 Å². The quantitative estimate of drug-likeness (QED) is 0.830. The van der Waals surface area contributed by atoms with E-state index in [9.17, 15) is 9.90 Å². The fraction of sp³-hybridized carbons (Fsp3) is 0.500. The molecule has 1 saturated heterocycles. The summed E-state index contributed by atoms with van der Waals surface area (Å²) in [5.41, 5.74) is -0.164. The van der Waals surface area contributed by atoms with E-state index >= 15 is 0 Å². The lowest BCUT2D eigenvalue weighted by atomic mass is 10.0. The maximum absolute atomic E-state index is 11.7. The molecule has 1 fully saturated rings. The number of aliphatic hydroxyl groups is 1. The number of halogens is 1. The predicted molar refractivity (Wildman–Crippen MR) is 72.0 cm³/mol. The lowest BCUT2D eigenvalue weighted by Crippen LogP contribution is -2.48. The van der Waals surface area contributed by atoms with Crippen LogP contribution in [0.15, 0.2) is 18.3 Å². The van der Waals surface area contributed by atoms with Crippen molar-refractivity contribution >= 4 is 24.1 Å². The van der Waals surface area contributed by atoms with Gasteiger partial charge in [-0.3, -0.25) is 9.69 Å². The number of pyridine rings is 1. The van der Waals surface area contributed by atoms with E-state index in [0.29, 0.717) is 18.9 Å². The summed E-state index contributed by atoms with van der Waals surface area (Å²) in [4.78, 5) is 17.5. The molecule has 1 aliphatic heterocycles. The van der Waals surface area contributed by atoms with Crippen LogP contribution >= 0.6 is 12.4 Å².